The number of halogens is 1. The lowest BCUT2D eigenvalue weighted by atomic mass is 9.84. The second-order valence-electron chi connectivity index (χ2n) is 6.77. The van der Waals surface area contributed by atoms with Crippen LogP contribution in [0.4, 0.5) is 4.39 Å². The molecule has 142 valence electrons. The van der Waals surface area contributed by atoms with E-state index in [2.05, 4.69) is 4.57 Å². The summed E-state index contributed by atoms with van der Waals surface area (Å²) < 4.78 is 21.0. The van der Waals surface area contributed by atoms with E-state index in [1.54, 1.807) is 0 Å². The van der Waals surface area contributed by atoms with Crippen molar-refractivity contribution >= 4 is 16.8 Å². The third-order valence-electron chi connectivity index (χ3n) is 5.43. The Kier molecular flexibility index (Phi) is 5.84. The molecular formula is C21H29FN2O2. The van der Waals surface area contributed by atoms with Crippen molar-refractivity contribution in [2.45, 2.75) is 52.5 Å². The summed E-state index contributed by atoms with van der Waals surface area (Å²) in [6, 6.07) is 5.97. The summed E-state index contributed by atoms with van der Waals surface area (Å²) in [5.74, 6) is 0.857. The van der Waals surface area contributed by atoms with E-state index >= 15 is 0 Å². The van der Waals surface area contributed by atoms with E-state index in [1.165, 1.54) is 0 Å². The Morgan fingerprint density at radius 3 is 2.73 bits per heavy atom. The van der Waals surface area contributed by atoms with Gasteiger partial charge in [0.25, 0.3) is 0 Å². The first-order valence-electron chi connectivity index (χ1n) is 9.78. The average molecular weight is 359 g/mol. The van der Waals surface area contributed by atoms with Gasteiger partial charge in [-0.1, -0.05) is 0 Å². The molecule has 0 N–H and O–H groups in total. The van der Waals surface area contributed by atoms with Crippen LogP contribution in [0.15, 0.2) is 18.2 Å². The van der Waals surface area contributed by atoms with Crippen LogP contribution in [-0.4, -0.2) is 41.7 Å². The molecule has 0 saturated carbocycles. The fraction of sp³-hybridized carbons (Fsp3) is 0.571. The number of nitrogens with zero attached hydrogens (tertiary/aromatic N) is 2. The van der Waals surface area contributed by atoms with E-state index in [0.717, 1.165) is 47.2 Å². The minimum Gasteiger partial charge on any atom is -0.494 e. The first-order valence-corrected chi connectivity index (χ1v) is 9.78. The smallest absolute Gasteiger partial charge is 0.230 e. The predicted octanol–water partition coefficient (Wildman–Crippen LogP) is 4.30. The molecule has 5 heteroatoms. The normalized spacial score (nSPS) is 16.5. The van der Waals surface area contributed by atoms with Gasteiger partial charge in [-0.2, -0.15) is 0 Å². The van der Waals surface area contributed by atoms with Crippen LogP contribution in [0.3, 0.4) is 0 Å². The van der Waals surface area contributed by atoms with Crippen molar-refractivity contribution in [3.8, 4) is 5.75 Å². The van der Waals surface area contributed by atoms with Crippen LogP contribution in [0.1, 0.15) is 50.8 Å². The summed E-state index contributed by atoms with van der Waals surface area (Å²) in [5.41, 5.74) is 3.23. The standard InChI is InChI=1S/C21H29FN2O2/c1-4-23(5-2)21(25)16-8-7-9-19-20(16)17-14-15(26-6-3)10-11-18(17)24(19)13-12-22/h10-11,14,16H,4-9,12-13H2,1-3H3/i22-1. The molecule has 0 fully saturated rings. The van der Waals surface area contributed by atoms with Crippen LogP contribution < -0.4 is 4.74 Å². The Morgan fingerprint density at radius 2 is 2.08 bits per heavy atom. The summed E-state index contributed by atoms with van der Waals surface area (Å²) in [7, 11) is 0. The average Bonchev–Trinajstić information content (AvgIpc) is 2.97. The minimum atomic E-state index is -0.405. The molecule has 1 aromatic carbocycles. The number of likely N-dealkylation sites (N-methyl/N-ethyl adjacent to an activating group) is 1. The van der Waals surface area contributed by atoms with Gasteiger partial charge in [-0.05, 0) is 63.8 Å². The molecule has 4 nitrogen and oxygen atoms in total. The van der Waals surface area contributed by atoms with Gasteiger partial charge in [-0.25, -0.2) is 4.39 Å². The largest absolute Gasteiger partial charge is 0.494 e. The highest BCUT2D eigenvalue weighted by molar-refractivity contribution is 5.94. The Hall–Kier alpha value is -2.04. The van der Waals surface area contributed by atoms with Crippen molar-refractivity contribution in [2.75, 3.05) is 26.4 Å². The number of rotatable bonds is 7. The Morgan fingerprint density at radius 1 is 1.31 bits per heavy atom. The zero-order valence-corrected chi connectivity index (χ0v) is 16.1. The molecule has 2 aromatic rings. The van der Waals surface area contributed by atoms with Crippen LogP contribution in [0.5, 0.6) is 5.75 Å². The molecule has 0 aliphatic heterocycles. The monoisotopic (exact) mass is 359 g/mol. The SMILES string of the molecule is CCOc1ccc2c(c1)c1c(n2CC[18F])CCCC1C(=O)N(CC)CC. The van der Waals surface area contributed by atoms with E-state index in [1.807, 2.05) is 43.9 Å². The number of ether oxygens (including phenoxy) is 1. The molecule has 1 atom stereocenters. The number of aryl methyl sites for hydroxylation is 1. The van der Waals surface area contributed by atoms with Gasteiger partial charge in [-0.15, -0.1) is 0 Å². The van der Waals surface area contributed by atoms with E-state index in [0.29, 0.717) is 26.2 Å². The van der Waals surface area contributed by atoms with Gasteiger partial charge in [0.1, 0.15) is 12.4 Å². The molecule has 1 amide bonds. The summed E-state index contributed by atoms with van der Waals surface area (Å²) >= 11 is 0. The molecule has 1 aliphatic rings. The maximum Gasteiger partial charge on any atom is 0.230 e. The molecular weight excluding hydrogens is 330 g/mol. The molecule has 1 heterocycles. The number of carbonyl (C=O) groups excluding carboxylic acids is 1. The maximum absolute atomic E-state index is 13.2. The van der Waals surface area contributed by atoms with Crippen molar-refractivity contribution in [1.29, 1.82) is 0 Å². The zero-order valence-electron chi connectivity index (χ0n) is 16.1. The topological polar surface area (TPSA) is 34.5 Å². The van der Waals surface area contributed by atoms with Crippen LogP contribution in [0, 0.1) is 0 Å². The van der Waals surface area contributed by atoms with Crippen LogP contribution >= 0.6 is 0 Å². The summed E-state index contributed by atoms with van der Waals surface area (Å²) in [6.45, 7) is 7.96. The second-order valence-corrected chi connectivity index (χ2v) is 6.77. The molecule has 0 saturated heterocycles. The molecule has 0 radical (unpaired) electrons. The first kappa shape index (κ1) is 18.7. The number of hydrogen-bond acceptors (Lipinski definition) is 2. The molecule has 0 bridgehead atoms. The van der Waals surface area contributed by atoms with Crippen molar-refractivity contribution in [3.05, 3.63) is 29.5 Å². The number of carbonyl (C=O) groups is 1. The number of fused-ring (bicyclic) bond motifs is 3. The molecule has 26 heavy (non-hydrogen) atoms. The molecule has 0 spiro atoms. The lowest BCUT2D eigenvalue weighted by Crippen LogP contribution is -2.36. The van der Waals surface area contributed by atoms with E-state index in [9.17, 15) is 9.18 Å². The van der Waals surface area contributed by atoms with E-state index in [-0.39, 0.29) is 11.8 Å². The highest BCUT2D eigenvalue weighted by atomic mass is 18.2. The van der Waals surface area contributed by atoms with Crippen LogP contribution in [0.2, 0.25) is 0 Å². The quantitative estimate of drug-likeness (QED) is 0.739. The maximum atomic E-state index is 13.2. The van der Waals surface area contributed by atoms with Crippen molar-refractivity contribution in [3.63, 3.8) is 0 Å². The fourth-order valence-corrected chi connectivity index (χ4v) is 4.29. The third-order valence-corrected chi connectivity index (χ3v) is 5.43. The van der Waals surface area contributed by atoms with Crippen molar-refractivity contribution in [2.24, 2.45) is 0 Å². The van der Waals surface area contributed by atoms with Crippen LogP contribution in [-0.2, 0) is 17.8 Å². The van der Waals surface area contributed by atoms with Crippen LogP contribution in [0.25, 0.3) is 10.9 Å². The highest BCUT2D eigenvalue weighted by Crippen LogP contribution is 2.41. The third kappa shape index (κ3) is 3.19. The lowest BCUT2D eigenvalue weighted by Gasteiger charge is -2.29. The number of hydrogen-bond donors (Lipinski definition) is 0. The van der Waals surface area contributed by atoms with Crippen molar-refractivity contribution < 1.29 is 13.9 Å². The van der Waals surface area contributed by atoms with E-state index in [4.69, 9.17) is 4.74 Å². The lowest BCUT2D eigenvalue weighted by molar-refractivity contribution is -0.132. The van der Waals surface area contributed by atoms with Gasteiger partial charge in [0.2, 0.25) is 5.91 Å². The van der Waals surface area contributed by atoms with Gasteiger partial charge in [-0.3, -0.25) is 4.79 Å². The number of amides is 1. The van der Waals surface area contributed by atoms with E-state index < -0.39 is 6.67 Å². The fourth-order valence-electron chi connectivity index (χ4n) is 4.29. The highest BCUT2D eigenvalue weighted by Gasteiger charge is 2.33. The molecule has 1 aliphatic carbocycles. The van der Waals surface area contributed by atoms with Gasteiger partial charge in [0, 0.05) is 29.7 Å². The molecule has 1 aromatic heterocycles. The Balaban J connectivity index is 2.17. The van der Waals surface area contributed by atoms with Gasteiger partial charge in [0.15, 0.2) is 0 Å². The minimum absolute atomic E-state index is 0.140. The van der Waals surface area contributed by atoms with Gasteiger partial charge < -0.3 is 14.2 Å². The van der Waals surface area contributed by atoms with Gasteiger partial charge in [0.05, 0.1) is 19.1 Å². The first-order chi connectivity index (χ1) is 12.7. The number of alkyl halides is 1. The summed E-state index contributed by atoms with van der Waals surface area (Å²) in [5, 5.41) is 1.05. The second kappa shape index (κ2) is 8.11. The Bertz CT molecular complexity index is 780. The molecule has 3 rings (SSSR count). The van der Waals surface area contributed by atoms with Crippen molar-refractivity contribution in [1.82, 2.24) is 9.47 Å². The van der Waals surface area contributed by atoms with Gasteiger partial charge >= 0.3 is 0 Å². The Labute approximate surface area is 154 Å². The zero-order chi connectivity index (χ0) is 18.7. The number of benzene rings is 1. The molecule has 1 unspecified atom stereocenters. The predicted molar refractivity (Wildman–Crippen MR) is 103 cm³/mol. The summed E-state index contributed by atoms with van der Waals surface area (Å²) in [4.78, 5) is 15.1. The number of aromatic nitrogens is 1. The summed E-state index contributed by atoms with van der Waals surface area (Å²) in [6.07, 6.45) is 2.72.